The predicted octanol–water partition coefficient (Wildman–Crippen LogP) is 2.17. The molecule has 3 heteroatoms. The van der Waals surface area contributed by atoms with Crippen molar-refractivity contribution in [3.05, 3.63) is 0 Å². The van der Waals surface area contributed by atoms with Gasteiger partial charge in [-0.15, -0.1) is 0 Å². The van der Waals surface area contributed by atoms with Crippen molar-refractivity contribution in [2.24, 2.45) is 11.8 Å². The molecule has 5 unspecified atom stereocenters. The molecular weight excluding hydrogens is 206 g/mol. The van der Waals surface area contributed by atoms with Crippen LogP contribution in [0.15, 0.2) is 0 Å². The van der Waals surface area contributed by atoms with E-state index >= 15 is 0 Å². The summed E-state index contributed by atoms with van der Waals surface area (Å²) in [6, 6.07) is 0.437. The summed E-state index contributed by atoms with van der Waals surface area (Å²) in [6.07, 6.45) is 2.39. The molecule has 0 spiro atoms. The molecule has 0 aromatic rings. The summed E-state index contributed by atoms with van der Waals surface area (Å²) in [5, 5.41) is 3.98. The minimum atomic E-state index is -0.696. The van der Waals surface area contributed by atoms with Gasteiger partial charge in [0.1, 0.15) is 0 Å². The van der Waals surface area contributed by atoms with Crippen molar-refractivity contribution >= 4 is 10.8 Å². The van der Waals surface area contributed by atoms with Gasteiger partial charge < -0.3 is 5.32 Å². The average Bonchev–Trinajstić information content (AvgIpc) is 2.15. The lowest BCUT2D eigenvalue weighted by Crippen LogP contribution is -2.50. The highest BCUT2D eigenvalue weighted by Gasteiger charge is 2.37. The lowest BCUT2D eigenvalue weighted by atomic mass is 9.80. The highest BCUT2D eigenvalue weighted by Crippen LogP contribution is 2.33. The fraction of sp³-hybridized carbons (Fsp3) is 1.00. The minimum absolute atomic E-state index is 0.279. The molecular formula is C12H25NOS. The lowest BCUT2D eigenvalue weighted by Gasteiger charge is -2.39. The molecule has 1 aliphatic rings. The Morgan fingerprint density at radius 2 is 1.87 bits per heavy atom. The largest absolute Gasteiger partial charge is 0.316 e. The number of nitrogens with one attached hydrogen (secondary N) is 1. The quantitative estimate of drug-likeness (QED) is 0.806. The molecule has 15 heavy (non-hydrogen) atoms. The van der Waals surface area contributed by atoms with Crippen LogP contribution >= 0.6 is 0 Å². The molecule has 0 radical (unpaired) electrons. The zero-order valence-electron chi connectivity index (χ0n) is 10.6. The van der Waals surface area contributed by atoms with E-state index in [1.54, 1.807) is 0 Å². The van der Waals surface area contributed by atoms with Gasteiger partial charge in [0, 0.05) is 22.1 Å². The Balaban J connectivity index is 2.78. The van der Waals surface area contributed by atoms with Gasteiger partial charge in [0.25, 0.3) is 0 Å². The van der Waals surface area contributed by atoms with Crippen molar-refractivity contribution in [2.75, 3.05) is 7.05 Å². The van der Waals surface area contributed by atoms with Gasteiger partial charge in [-0.05, 0) is 31.7 Å². The highest BCUT2D eigenvalue weighted by atomic mass is 32.2. The second kappa shape index (κ2) is 5.44. The summed E-state index contributed by atoms with van der Waals surface area (Å²) in [4.78, 5) is 0. The summed E-state index contributed by atoms with van der Waals surface area (Å²) in [6.45, 7) is 8.68. The van der Waals surface area contributed by atoms with Crippen LogP contribution in [-0.2, 0) is 10.8 Å². The second-order valence-corrected chi connectivity index (χ2v) is 7.44. The summed E-state index contributed by atoms with van der Waals surface area (Å²) < 4.78 is 12.3. The normalized spacial score (nSPS) is 39.3. The highest BCUT2D eigenvalue weighted by molar-refractivity contribution is 7.86. The van der Waals surface area contributed by atoms with Gasteiger partial charge in [0.15, 0.2) is 0 Å². The summed E-state index contributed by atoms with van der Waals surface area (Å²) in [5.41, 5.74) is 0. The van der Waals surface area contributed by atoms with Crippen LogP contribution in [0.25, 0.3) is 0 Å². The van der Waals surface area contributed by atoms with Gasteiger partial charge in [-0.25, -0.2) is 0 Å². The van der Waals surface area contributed by atoms with Crippen LogP contribution in [0.5, 0.6) is 0 Å². The monoisotopic (exact) mass is 231 g/mol. The molecule has 1 aliphatic carbocycles. The maximum atomic E-state index is 12.3. The first kappa shape index (κ1) is 13.2. The summed E-state index contributed by atoms with van der Waals surface area (Å²) in [5.74, 6) is 1.34. The second-order valence-electron chi connectivity index (χ2n) is 5.29. The van der Waals surface area contributed by atoms with Crippen LogP contribution in [0.1, 0.15) is 40.5 Å². The Morgan fingerprint density at radius 1 is 1.27 bits per heavy atom. The topological polar surface area (TPSA) is 29.1 Å². The maximum Gasteiger partial charge on any atom is 0.0529 e. The Kier molecular flexibility index (Phi) is 4.78. The average molecular weight is 231 g/mol. The molecule has 1 rings (SSSR count). The zero-order chi connectivity index (χ0) is 11.6. The predicted molar refractivity (Wildman–Crippen MR) is 67.5 cm³/mol. The fourth-order valence-corrected chi connectivity index (χ4v) is 4.59. The lowest BCUT2D eigenvalue weighted by molar-refractivity contribution is 0.253. The molecule has 0 aromatic carbocycles. The third-order valence-corrected chi connectivity index (χ3v) is 5.75. The molecule has 0 aliphatic heterocycles. The van der Waals surface area contributed by atoms with Crippen molar-refractivity contribution in [1.82, 2.24) is 5.32 Å². The number of hydrogen-bond donors (Lipinski definition) is 1. The van der Waals surface area contributed by atoms with Crippen molar-refractivity contribution < 1.29 is 4.21 Å². The standard InChI is InChI=1S/C12H25NOS/c1-8(2)15(14)12-10(4)6-9(3)7-11(12)13-5/h8-13H,6-7H2,1-5H3. The Hall–Kier alpha value is 0.110. The molecule has 1 fully saturated rings. The first-order chi connectivity index (χ1) is 6.97. The number of rotatable bonds is 3. The van der Waals surface area contributed by atoms with E-state index in [2.05, 4.69) is 33.0 Å². The van der Waals surface area contributed by atoms with Crippen molar-refractivity contribution in [2.45, 2.75) is 57.1 Å². The van der Waals surface area contributed by atoms with Gasteiger partial charge in [0.2, 0.25) is 0 Å². The Morgan fingerprint density at radius 3 is 2.33 bits per heavy atom. The SMILES string of the molecule is CNC1CC(C)CC(C)C1S(=O)C(C)C. The van der Waals surface area contributed by atoms with Crippen LogP contribution in [0.4, 0.5) is 0 Å². The van der Waals surface area contributed by atoms with Crippen molar-refractivity contribution in [3.63, 3.8) is 0 Å². The molecule has 2 nitrogen and oxygen atoms in total. The first-order valence-corrected chi connectivity index (χ1v) is 7.31. The molecule has 0 heterocycles. The summed E-state index contributed by atoms with van der Waals surface area (Å²) in [7, 11) is 1.30. The van der Waals surface area contributed by atoms with E-state index in [0.29, 0.717) is 17.2 Å². The molecule has 1 saturated carbocycles. The van der Waals surface area contributed by atoms with E-state index in [1.165, 1.54) is 12.8 Å². The zero-order valence-corrected chi connectivity index (χ0v) is 11.4. The molecule has 90 valence electrons. The van der Waals surface area contributed by atoms with E-state index in [-0.39, 0.29) is 5.25 Å². The van der Waals surface area contributed by atoms with Crippen LogP contribution in [0.2, 0.25) is 0 Å². The van der Waals surface area contributed by atoms with Crippen LogP contribution < -0.4 is 5.32 Å². The van der Waals surface area contributed by atoms with E-state index in [9.17, 15) is 4.21 Å². The maximum absolute atomic E-state index is 12.3. The van der Waals surface area contributed by atoms with Crippen molar-refractivity contribution in [3.8, 4) is 0 Å². The minimum Gasteiger partial charge on any atom is -0.316 e. The molecule has 0 bridgehead atoms. The van der Waals surface area contributed by atoms with E-state index in [0.717, 1.165) is 5.92 Å². The molecule has 1 N–H and O–H groups in total. The smallest absolute Gasteiger partial charge is 0.0529 e. The molecule has 0 aromatic heterocycles. The van der Waals surface area contributed by atoms with Gasteiger partial charge in [-0.1, -0.05) is 27.7 Å². The van der Waals surface area contributed by atoms with E-state index in [1.807, 2.05) is 7.05 Å². The van der Waals surface area contributed by atoms with Crippen LogP contribution in [-0.4, -0.2) is 27.8 Å². The molecule has 0 amide bonds. The third kappa shape index (κ3) is 3.04. The first-order valence-electron chi connectivity index (χ1n) is 6.04. The van der Waals surface area contributed by atoms with Gasteiger partial charge in [0.05, 0.1) is 5.25 Å². The number of hydrogen-bond acceptors (Lipinski definition) is 2. The van der Waals surface area contributed by atoms with E-state index in [4.69, 9.17) is 0 Å². The van der Waals surface area contributed by atoms with Gasteiger partial charge >= 0.3 is 0 Å². The Labute approximate surface area is 96.7 Å². The Bertz CT molecular complexity index is 230. The van der Waals surface area contributed by atoms with Crippen LogP contribution in [0, 0.1) is 11.8 Å². The summed E-state index contributed by atoms with van der Waals surface area (Å²) >= 11 is 0. The molecule has 5 atom stereocenters. The van der Waals surface area contributed by atoms with Gasteiger partial charge in [-0.3, -0.25) is 4.21 Å². The molecule has 0 saturated heterocycles. The van der Waals surface area contributed by atoms with Gasteiger partial charge in [-0.2, -0.15) is 0 Å². The van der Waals surface area contributed by atoms with E-state index < -0.39 is 10.8 Å². The fourth-order valence-electron chi connectivity index (χ4n) is 2.82. The third-order valence-electron chi connectivity index (χ3n) is 3.49. The van der Waals surface area contributed by atoms with Crippen LogP contribution in [0.3, 0.4) is 0 Å². The van der Waals surface area contributed by atoms with Crippen molar-refractivity contribution in [1.29, 1.82) is 0 Å².